The lowest BCUT2D eigenvalue weighted by molar-refractivity contribution is -0.160. The predicted octanol–water partition coefficient (Wildman–Crippen LogP) is 4.47. The first kappa shape index (κ1) is 25.7. The second kappa shape index (κ2) is 8.53. The van der Waals surface area contributed by atoms with E-state index in [1.165, 1.54) is 35.4 Å². The molecule has 2 aromatic rings. The first-order valence-electron chi connectivity index (χ1n) is 12.1. The number of carbonyl (C=O) groups is 4. The number of ether oxygens (including phenoxy) is 1. The number of rotatable bonds is 5. The van der Waals surface area contributed by atoms with E-state index in [9.17, 15) is 32.3 Å². The summed E-state index contributed by atoms with van der Waals surface area (Å²) in [6, 6.07) is 6.31. The Hall–Kier alpha value is -3.96. The SMILES string of the molecule is CCOC(=O)N1C(=O)Cc2c(CN3C(=O)N(c4ccc(C5(C(F)(F)F)CC5)cc4)C(=O)C3(C)C)ccnc21. The molecule has 1 aliphatic carbocycles. The van der Waals surface area contributed by atoms with E-state index in [-0.39, 0.29) is 49.5 Å². The molecule has 0 atom stereocenters. The van der Waals surface area contributed by atoms with Crippen LogP contribution in [0.3, 0.4) is 0 Å². The summed E-state index contributed by atoms with van der Waals surface area (Å²) in [6.07, 6.45) is -3.93. The van der Waals surface area contributed by atoms with Gasteiger partial charge in [-0.3, -0.25) is 9.59 Å². The van der Waals surface area contributed by atoms with Crippen molar-refractivity contribution in [2.45, 2.75) is 63.7 Å². The first-order valence-corrected chi connectivity index (χ1v) is 12.1. The number of benzene rings is 1. The van der Waals surface area contributed by atoms with Gasteiger partial charge in [-0.1, -0.05) is 12.1 Å². The summed E-state index contributed by atoms with van der Waals surface area (Å²) in [5.41, 5.74) is -1.91. The zero-order valence-corrected chi connectivity index (χ0v) is 21.0. The smallest absolute Gasteiger partial charge is 0.422 e. The number of nitrogens with zero attached hydrogens (tertiary/aromatic N) is 4. The molecule has 12 heteroatoms. The van der Waals surface area contributed by atoms with Gasteiger partial charge in [0.2, 0.25) is 5.91 Å². The van der Waals surface area contributed by atoms with Crippen molar-refractivity contribution >= 4 is 35.4 Å². The topological polar surface area (TPSA) is 100 Å². The Morgan fingerprint density at radius 1 is 1.08 bits per heavy atom. The van der Waals surface area contributed by atoms with Crippen LogP contribution in [0.1, 0.15) is 50.3 Å². The zero-order chi connectivity index (χ0) is 27.6. The van der Waals surface area contributed by atoms with Gasteiger partial charge < -0.3 is 9.64 Å². The van der Waals surface area contributed by atoms with Gasteiger partial charge in [0.25, 0.3) is 5.91 Å². The Morgan fingerprint density at radius 2 is 1.74 bits per heavy atom. The van der Waals surface area contributed by atoms with Gasteiger partial charge in [0.15, 0.2) is 0 Å². The molecule has 2 fully saturated rings. The average molecular weight is 531 g/mol. The van der Waals surface area contributed by atoms with Crippen molar-refractivity contribution in [3.05, 3.63) is 53.2 Å². The van der Waals surface area contributed by atoms with Crippen molar-refractivity contribution in [2.75, 3.05) is 16.4 Å². The minimum Gasteiger partial charge on any atom is -0.449 e. The minimum atomic E-state index is -4.37. The third-order valence-corrected chi connectivity index (χ3v) is 7.49. The maximum absolute atomic E-state index is 13.5. The van der Waals surface area contributed by atoms with Crippen molar-refractivity contribution in [2.24, 2.45) is 0 Å². The molecule has 0 N–H and O–H groups in total. The number of urea groups is 1. The summed E-state index contributed by atoms with van der Waals surface area (Å²) in [5, 5.41) is 0. The molecule has 1 saturated carbocycles. The monoisotopic (exact) mass is 530 g/mol. The van der Waals surface area contributed by atoms with Crippen molar-refractivity contribution in [1.82, 2.24) is 9.88 Å². The molecule has 1 aromatic carbocycles. The summed E-state index contributed by atoms with van der Waals surface area (Å²) in [7, 11) is 0. The van der Waals surface area contributed by atoms with Crippen LogP contribution in [0.4, 0.5) is 34.3 Å². The van der Waals surface area contributed by atoms with Gasteiger partial charge in [0.05, 0.1) is 24.1 Å². The third kappa shape index (κ3) is 3.72. The molecule has 38 heavy (non-hydrogen) atoms. The van der Waals surface area contributed by atoms with Crippen LogP contribution in [0.5, 0.6) is 0 Å². The summed E-state index contributed by atoms with van der Waals surface area (Å²) in [4.78, 5) is 59.0. The van der Waals surface area contributed by atoms with E-state index >= 15 is 0 Å². The molecule has 2 aliphatic heterocycles. The molecule has 200 valence electrons. The van der Waals surface area contributed by atoms with Gasteiger partial charge in [0.1, 0.15) is 11.4 Å². The normalized spacial score (nSPS) is 19.7. The molecule has 0 unspecified atom stereocenters. The highest BCUT2D eigenvalue weighted by atomic mass is 19.4. The summed E-state index contributed by atoms with van der Waals surface area (Å²) in [6.45, 7) is 4.77. The lowest BCUT2D eigenvalue weighted by atomic mass is 9.95. The van der Waals surface area contributed by atoms with Crippen LogP contribution in [-0.2, 0) is 32.7 Å². The highest BCUT2D eigenvalue weighted by Gasteiger charge is 2.64. The molecule has 0 spiro atoms. The number of hydrogen-bond acceptors (Lipinski definition) is 6. The molecule has 0 radical (unpaired) electrons. The van der Waals surface area contributed by atoms with Crippen LogP contribution in [0.25, 0.3) is 0 Å². The highest BCUT2D eigenvalue weighted by Crippen LogP contribution is 2.59. The highest BCUT2D eigenvalue weighted by molar-refractivity contribution is 6.23. The molecular formula is C26H25F3N4O5. The van der Waals surface area contributed by atoms with Crippen molar-refractivity contribution in [3.63, 3.8) is 0 Å². The van der Waals surface area contributed by atoms with E-state index in [0.717, 1.165) is 9.80 Å². The predicted molar refractivity (Wildman–Crippen MR) is 128 cm³/mol. The van der Waals surface area contributed by atoms with Crippen LogP contribution in [0, 0.1) is 0 Å². The molecular weight excluding hydrogens is 505 g/mol. The lowest BCUT2D eigenvalue weighted by Crippen LogP contribution is -2.43. The van der Waals surface area contributed by atoms with Crippen molar-refractivity contribution in [1.29, 1.82) is 0 Å². The number of pyridine rings is 1. The Labute approximate surface area is 216 Å². The number of amides is 5. The molecule has 9 nitrogen and oxygen atoms in total. The van der Waals surface area contributed by atoms with Gasteiger partial charge in [-0.15, -0.1) is 0 Å². The molecule has 5 rings (SSSR count). The van der Waals surface area contributed by atoms with Crippen molar-refractivity contribution < 1.29 is 37.1 Å². The first-order chi connectivity index (χ1) is 17.8. The molecule has 3 heterocycles. The minimum absolute atomic E-state index is 0.00455. The largest absolute Gasteiger partial charge is 0.449 e. The van der Waals surface area contributed by atoms with E-state index in [0.29, 0.717) is 11.1 Å². The van der Waals surface area contributed by atoms with E-state index in [1.807, 2.05) is 0 Å². The Morgan fingerprint density at radius 3 is 2.32 bits per heavy atom. The maximum Gasteiger partial charge on any atom is 0.422 e. The Balaban J connectivity index is 1.42. The molecule has 0 bridgehead atoms. The van der Waals surface area contributed by atoms with Gasteiger partial charge in [-0.2, -0.15) is 18.1 Å². The number of imide groups is 2. The molecule has 5 amide bonds. The van der Waals surface area contributed by atoms with E-state index < -0.39 is 41.1 Å². The second-order valence-electron chi connectivity index (χ2n) is 10.1. The quantitative estimate of drug-likeness (QED) is 0.529. The lowest BCUT2D eigenvalue weighted by Gasteiger charge is -2.28. The van der Waals surface area contributed by atoms with E-state index in [1.54, 1.807) is 26.8 Å². The number of carbonyl (C=O) groups excluding carboxylic acids is 4. The second-order valence-corrected chi connectivity index (χ2v) is 10.1. The van der Waals surface area contributed by atoms with Crippen molar-refractivity contribution in [3.8, 4) is 0 Å². The Bertz CT molecular complexity index is 1350. The van der Waals surface area contributed by atoms with Gasteiger partial charge in [-0.25, -0.2) is 19.5 Å². The van der Waals surface area contributed by atoms with Crippen LogP contribution in [0.15, 0.2) is 36.5 Å². The van der Waals surface area contributed by atoms with Crippen LogP contribution < -0.4 is 9.80 Å². The Kier molecular flexibility index (Phi) is 5.77. The number of alkyl halides is 3. The van der Waals surface area contributed by atoms with E-state index in [2.05, 4.69) is 4.98 Å². The standard InChI is InChI=1S/C26H25F3N4O5/c1-4-38-23(37)33-19(34)13-18-15(9-12-30-20(18)33)14-31-22(36)32(21(35)24(31,2)3)17-7-5-16(6-8-17)25(10-11-25)26(27,28)29/h5-9,12H,4,10-11,13-14H2,1-3H3. The number of aromatic nitrogens is 1. The van der Waals surface area contributed by atoms with Crippen LogP contribution in [0.2, 0.25) is 0 Å². The summed E-state index contributed by atoms with van der Waals surface area (Å²) in [5.74, 6) is -0.939. The number of hydrogen-bond donors (Lipinski definition) is 0. The van der Waals surface area contributed by atoms with Crippen LogP contribution >= 0.6 is 0 Å². The number of anilines is 2. The maximum atomic E-state index is 13.5. The number of fused-ring (bicyclic) bond motifs is 1. The fraction of sp³-hybridized carbons (Fsp3) is 0.423. The average Bonchev–Trinajstić information content (AvgIpc) is 3.57. The molecule has 1 aromatic heterocycles. The molecule has 3 aliphatic rings. The van der Waals surface area contributed by atoms with Gasteiger partial charge in [0, 0.05) is 18.3 Å². The van der Waals surface area contributed by atoms with Gasteiger partial charge >= 0.3 is 18.3 Å². The number of halogens is 3. The zero-order valence-electron chi connectivity index (χ0n) is 21.0. The summed E-state index contributed by atoms with van der Waals surface area (Å²) >= 11 is 0. The third-order valence-electron chi connectivity index (χ3n) is 7.49. The summed E-state index contributed by atoms with van der Waals surface area (Å²) < 4.78 is 45.5. The fourth-order valence-corrected chi connectivity index (χ4v) is 5.07. The van der Waals surface area contributed by atoms with Crippen LogP contribution in [-0.4, -0.2) is 52.1 Å². The molecule has 1 saturated heterocycles. The van der Waals surface area contributed by atoms with E-state index in [4.69, 9.17) is 4.74 Å². The van der Waals surface area contributed by atoms with Gasteiger partial charge in [-0.05, 0) is 62.9 Å². The fourth-order valence-electron chi connectivity index (χ4n) is 5.07.